The Labute approximate surface area is 125 Å². The topological polar surface area (TPSA) is 74.5 Å². The summed E-state index contributed by atoms with van der Waals surface area (Å²) in [7, 11) is 0. The van der Waals surface area contributed by atoms with Gasteiger partial charge in [0.05, 0.1) is 18.7 Å². The van der Waals surface area contributed by atoms with Crippen LogP contribution in [0.15, 0.2) is 22.8 Å². The molecule has 1 aromatic rings. The Hall–Kier alpha value is -1.70. The summed E-state index contributed by atoms with van der Waals surface area (Å²) >= 11 is 0. The number of carbonyl (C=O) groups is 1. The van der Waals surface area contributed by atoms with Gasteiger partial charge in [-0.25, -0.2) is 4.79 Å². The van der Waals surface area contributed by atoms with Crippen molar-refractivity contribution in [3.05, 3.63) is 24.2 Å². The number of amides is 2. The molecule has 0 spiro atoms. The molecule has 2 rings (SSSR count). The van der Waals surface area contributed by atoms with Crippen molar-refractivity contribution in [2.45, 2.75) is 44.0 Å². The molecular weight excluding hydrogens is 301 g/mol. The highest BCUT2D eigenvalue weighted by Gasteiger charge is 2.42. The van der Waals surface area contributed by atoms with Crippen LogP contribution in [0.2, 0.25) is 0 Å². The van der Waals surface area contributed by atoms with Gasteiger partial charge in [-0.15, -0.1) is 0 Å². The van der Waals surface area contributed by atoms with Crippen molar-refractivity contribution in [1.29, 1.82) is 0 Å². The number of aliphatic hydroxyl groups is 1. The molecule has 2 amide bonds. The van der Waals surface area contributed by atoms with Gasteiger partial charge in [-0.1, -0.05) is 6.42 Å². The van der Waals surface area contributed by atoms with E-state index in [-0.39, 0.29) is 19.4 Å². The van der Waals surface area contributed by atoms with Crippen LogP contribution in [-0.2, 0) is 0 Å². The van der Waals surface area contributed by atoms with Crippen LogP contribution in [0.5, 0.6) is 0 Å². The first kappa shape index (κ1) is 16.7. The molecule has 1 saturated carbocycles. The lowest BCUT2D eigenvalue weighted by molar-refractivity contribution is -0.183. The van der Waals surface area contributed by atoms with Gasteiger partial charge in [-0.05, 0) is 31.4 Å². The molecule has 3 N–H and O–H groups in total. The average molecular weight is 320 g/mol. The predicted octanol–water partition coefficient (Wildman–Crippen LogP) is 2.73. The van der Waals surface area contributed by atoms with Crippen LogP contribution in [0.25, 0.3) is 0 Å². The SMILES string of the molecule is O=C(NCC(O)c1ccco1)NC1CCCC(C(F)(F)F)C1. The van der Waals surface area contributed by atoms with Crippen LogP contribution in [0.4, 0.5) is 18.0 Å². The maximum atomic E-state index is 12.7. The van der Waals surface area contributed by atoms with Gasteiger partial charge >= 0.3 is 12.2 Å². The molecule has 1 heterocycles. The van der Waals surface area contributed by atoms with E-state index in [4.69, 9.17) is 4.42 Å². The van der Waals surface area contributed by atoms with Gasteiger partial charge in [0.1, 0.15) is 11.9 Å². The minimum Gasteiger partial charge on any atom is -0.467 e. The second-order valence-electron chi connectivity index (χ2n) is 5.49. The number of urea groups is 1. The molecule has 1 fully saturated rings. The molecule has 1 aromatic heterocycles. The number of alkyl halides is 3. The average Bonchev–Trinajstić information content (AvgIpc) is 2.98. The number of hydrogen-bond acceptors (Lipinski definition) is 3. The van der Waals surface area contributed by atoms with Gasteiger partial charge in [0.2, 0.25) is 0 Å². The van der Waals surface area contributed by atoms with Crippen LogP contribution >= 0.6 is 0 Å². The molecule has 124 valence electrons. The Morgan fingerprint density at radius 2 is 2.23 bits per heavy atom. The van der Waals surface area contributed by atoms with Gasteiger partial charge in [0.25, 0.3) is 0 Å². The number of aliphatic hydroxyl groups excluding tert-OH is 1. The van der Waals surface area contributed by atoms with E-state index in [2.05, 4.69) is 10.6 Å². The van der Waals surface area contributed by atoms with Crippen LogP contribution in [0.3, 0.4) is 0 Å². The molecule has 0 saturated heterocycles. The van der Waals surface area contributed by atoms with Crippen molar-refractivity contribution in [1.82, 2.24) is 10.6 Å². The van der Waals surface area contributed by atoms with E-state index in [0.717, 1.165) is 0 Å². The van der Waals surface area contributed by atoms with Crippen LogP contribution in [0, 0.1) is 5.92 Å². The summed E-state index contributed by atoms with van der Waals surface area (Å²) in [5.74, 6) is -1.05. The molecule has 8 heteroatoms. The number of furan rings is 1. The van der Waals surface area contributed by atoms with Crippen LogP contribution in [-0.4, -0.2) is 29.9 Å². The summed E-state index contributed by atoms with van der Waals surface area (Å²) in [6, 6.07) is 2.09. The van der Waals surface area contributed by atoms with E-state index in [1.807, 2.05) is 0 Å². The zero-order chi connectivity index (χ0) is 16.2. The summed E-state index contributed by atoms with van der Waals surface area (Å²) in [5.41, 5.74) is 0. The largest absolute Gasteiger partial charge is 0.467 e. The highest BCUT2D eigenvalue weighted by molar-refractivity contribution is 5.74. The third kappa shape index (κ3) is 4.66. The zero-order valence-electron chi connectivity index (χ0n) is 11.9. The van der Waals surface area contributed by atoms with Crippen LogP contribution in [0.1, 0.15) is 37.5 Å². The van der Waals surface area contributed by atoms with E-state index in [9.17, 15) is 23.1 Å². The van der Waals surface area contributed by atoms with Crippen molar-refractivity contribution in [2.24, 2.45) is 5.92 Å². The highest BCUT2D eigenvalue weighted by atomic mass is 19.4. The number of hydrogen-bond donors (Lipinski definition) is 3. The maximum Gasteiger partial charge on any atom is 0.391 e. The van der Waals surface area contributed by atoms with E-state index in [1.54, 1.807) is 12.1 Å². The standard InChI is InChI=1S/C14H19F3N2O3/c15-14(16,17)9-3-1-4-10(7-9)19-13(21)18-8-11(20)12-5-2-6-22-12/h2,5-6,9-11,20H,1,3-4,7-8H2,(H2,18,19,21). The Kier molecular flexibility index (Phi) is 5.33. The monoisotopic (exact) mass is 320 g/mol. The highest BCUT2D eigenvalue weighted by Crippen LogP contribution is 2.37. The molecule has 3 atom stereocenters. The van der Waals surface area contributed by atoms with Crippen molar-refractivity contribution in [3.8, 4) is 0 Å². The fourth-order valence-corrected chi connectivity index (χ4v) is 2.63. The van der Waals surface area contributed by atoms with Crippen molar-refractivity contribution < 1.29 is 27.5 Å². The first-order valence-electron chi connectivity index (χ1n) is 7.19. The summed E-state index contributed by atoms with van der Waals surface area (Å²) in [6.07, 6.45) is -2.83. The molecule has 0 bridgehead atoms. The van der Waals surface area contributed by atoms with E-state index < -0.39 is 30.3 Å². The Balaban J connectivity index is 1.75. The summed E-state index contributed by atoms with van der Waals surface area (Å²) in [6.45, 7) is -0.0746. The first-order chi connectivity index (χ1) is 10.4. The van der Waals surface area contributed by atoms with Gasteiger partial charge in [0.15, 0.2) is 0 Å². The Morgan fingerprint density at radius 1 is 1.45 bits per heavy atom. The summed E-state index contributed by atoms with van der Waals surface area (Å²) in [5, 5.41) is 14.7. The fourth-order valence-electron chi connectivity index (χ4n) is 2.63. The lowest BCUT2D eigenvalue weighted by Gasteiger charge is -2.31. The number of nitrogens with one attached hydrogen (secondary N) is 2. The maximum absolute atomic E-state index is 12.7. The normalized spacial score (nSPS) is 23.8. The fraction of sp³-hybridized carbons (Fsp3) is 0.643. The third-order valence-corrected chi connectivity index (χ3v) is 3.80. The van der Waals surface area contributed by atoms with Crippen LogP contribution < -0.4 is 10.6 Å². The molecular formula is C14H19F3N2O3. The number of rotatable bonds is 4. The summed E-state index contributed by atoms with van der Waals surface area (Å²) in [4.78, 5) is 11.7. The Bertz CT molecular complexity index is 476. The second kappa shape index (κ2) is 7.04. The van der Waals surface area contributed by atoms with E-state index in [0.29, 0.717) is 18.6 Å². The lowest BCUT2D eigenvalue weighted by atomic mass is 9.85. The second-order valence-corrected chi connectivity index (χ2v) is 5.49. The van der Waals surface area contributed by atoms with Gasteiger partial charge in [-0.2, -0.15) is 13.2 Å². The zero-order valence-corrected chi connectivity index (χ0v) is 11.9. The number of halogens is 3. The van der Waals surface area contributed by atoms with E-state index >= 15 is 0 Å². The third-order valence-electron chi connectivity index (χ3n) is 3.80. The summed E-state index contributed by atoms with van der Waals surface area (Å²) < 4.78 is 43.1. The predicted molar refractivity (Wildman–Crippen MR) is 72.0 cm³/mol. The molecule has 3 unspecified atom stereocenters. The first-order valence-corrected chi connectivity index (χ1v) is 7.19. The molecule has 5 nitrogen and oxygen atoms in total. The molecule has 1 aliphatic carbocycles. The van der Waals surface area contributed by atoms with E-state index in [1.165, 1.54) is 6.26 Å². The molecule has 0 aromatic carbocycles. The van der Waals surface area contributed by atoms with Crippen molar-refractivity contribution >= 4 is 6.03 Å². The quantitative estimate of drug-likeness (QED) is 0.798. The lowest BCUT2D eigenvalue weighted by Crippen LogP contribution is -2.46. The Morgan fingerprint density at radius 3 is 2.86 bits per heavy atom. The molecule has 22 heavy (non-hydrogen) atoms. The van der Waals surface area contributed by atoms with Gasteiger partial charge in [0, 0.05) is 6.04 Å². The van der Waals surface area contributed by atoms with Crippen molar-refractivity contribution in [2.75, 3.05) is 6.54 Å². The molecule has 0 radical (unpaired) electrons. The minimum absolute atomic E-state index is 0.0746. The smallest absolute Gasteiger partial charge is 0.391 e. The molecule has 0 aliphatic heterocycles. The minimum atomic E-state index is -4.22. The van der Waals surface area contributed by atoms with Gasteiger partial charge < -0.3 is 20.2 Å². The molecule has 1 aliphatic rings. The van der Waals surface area contributed by atoms with Crippen molar-refractivity contribution in [3.63, 3.8) is 0 Å². The van der Waals surface area contributed by atoms with Gasteiger partial charge in [-0.3, -0.25) is 0 Å². The number of carbonyl (C=O) groups excluding carboxylic acids is 1.